The van der Waals surface area contributed by atoms with Crippen molar-refractivity contribution >= 4 is 54.1 Å². The first-order valence-electron chi connectivity index (χ1n) is 16.2. The van der Waals surface area contributed by atoms with Gasteiger partial charge in [0.25, 0.3) is 0 Å². The van der Waals surface area contributed by atoms with E-state index in [-0.39, 0.29) is 0 Å². The minimum Gasteiger partial charge on any atom is -0.456 e. The Labute approximate surface area is 272 Å². The van der Waals surface area contributed by atoms with Crippen LogP contribution in [0.2, 0.25) is 0 Å². The molecule has 0 radical (unpaired) electrons. The van der Waals surface area contributed by atoms with Crippen LogP contribution in [0.3, 0.4) is 0 Å². The first kappa shape index (κ1) is 26.1. The molecule has 0 aliphatic rings. The van der Waals surface area contributed by atoms with E-state index in [1.807, 2.05) is 18.2 Å². The lowest BCUT2D eigenvalue weighted by Crippen LogP contribution is -1.91. The Morgan fingerprint density at radius 3 is 1.51 bits per heavy atom. The van der Waals surface area contributed by atoms with Gasteiger partial charge in [-0.15, -0.1) is 0 Å². The van der Waals surface area contributed by atoms with Gasteiger partial charge in [-0.1, -0.05) is 152 Å². The summed E-state index contributed by atoms with van der Waals surface area (Å²) in [4.78, 5) is 0. The summed E-state index contributed by atoms with van der Waals surface area (Å²) in [5.41, 5.74) is 9.36. The molecular formula is C46H28O. The smallest absolute Gasteiger partial charge is 0.135 e. The standard InChI is InChI=1S/C46H28O/c1-3-12-37-29(7-1)9-6-13-38(37)30-15-17-31(18-16-30)41-28-42(40-26-24-35-11-5-10-34-23-25-39(41)46(40)45(34)35)32-19-21-33(22-20-32)44-27-36-8-2-4-14-43(36)47-44/h1-28H. The van der Waals surface area contributed by atoms with E-state index >= 15 is 0 Å². The first-order valence-corrected chi connectivity index (χ1v) is 16.2. The quantitative estimate of drug-likeness (QED) is 0.184. The second-order valence-electron chi connectivity index (χ2n) is 12.5. The fourth-order valence-corrected chi connectivity index (χ4v) is 7.55. The van der Waals surface area contributed by atoms with Gasteiger partial charge < -0.3 is 4.42 Å². The summed E-state index contributed by atoms with van der Waals surface area (Å²) in [5, 5.41) is 11.4. The molecule has 10 rings (SSSR count). The zero-order valence-electron chi connectivity index (χ0n) is 25.6. The third-order valence-corrected chi connectivity index (χ3v) is 9.85. The van der Waals surface area contributed by atoms with Crippen molar-refractivity contribution in [2.45, 2.75) is 0 Å². The molecule has 1 heterocycles. The molecule has 9 aromatic carbocycles. The molecule has 218 valence electrons. The maximum Gasteiger partial charge on any atom is 0.135 e. The lowest BCUT2D eigenvalue weighted by Gasteiger charge is -2.18. The van der Waals surface area contributed by atoms with Gasteiger partial charge in [0.1, 0.15) is 11.3 Å². The SMILES string of the molecule is c1ccc2oc(-c3ccc(-c4cc(-c5ccc(-c6cccc7ccccc67)cc5)c5ccc6cccc7ccc4c5c76)cc3)cc2c1. The summed E-state index contributed by atoms with van der Waals surface area (Å²) in [7, 11) is 0. The first-order chi connectivity index (χ1) is 23.3. The van der Waals surface area contributed by atoms with Crippen LogP contribution in [-0.4, -0.2) is 0 Å². The Balaban J connectivity index is 1.16. The van der Waals surface area contributed by atoms with Crippen molar-refractivity contribution in [3.05, 3.63) is 170 Å². The fraction of sp³-hybridized carbons (Fsp3) is 0. The summed E-state index contributed by atoms with van der Waals surface area (Å²) >= 11 is 0. The van der Waals surface area contributed by atoms with Crippen LogP contribution in [0.15, 0.2) is 174 Å². The monoisotopic (exact) mass is 596 g/mol. The Bertz CT molecular complexity index is 2710. The van der Waals surface area contributed by atoms with Crippen molar-refractivity contribution in [2.75, 3.05) is 0 Å². The highest BCUT2D eigenvalue weighted by Gasteiger charge is 2.17. The lowest BCUT2D eigenvalue weighted by atomic mass is 9.85. The molecule has 47 heavy (non-hydrogen) atoms. The van der Waals surface area contributed by atoms with Crippen LogP contribution in [-0.2, 0) is 0 Å². The van der Waals surface area contributed by atoms with Gasteiger partial charge in [-0.2, -0.15) is 0 Å². The van der Waals surface area contributed by atoms with Crippen molar-refractivity contribution in [1.82, 2.24) is 0 Å². The highest BCUT2D eigenvalue weighted by molar-refractivity contribution is 6.28. The molecule has 0 aliphatic carbocycles. The molecule has 0 fully saturated rings. The minimum atomic E-state index is 0.889. The Morgan fingerprint density at radius 1 is 0.298 bits per heavy atom. The molecule has 10 aromatic rings. The van der Waals surface area contributed by atoms with Gasteiger partial charge in [0.2, 0.25) is 0 Å². The third-order valence-electron chi connectivity index (χ3n) is 9.85. The molecule has 0 saturated carbocycles. The zero-order valence-corrected chi connectivity index (χ0v) is 25.6. The van der Waals surface area contributed by atoms with E-state index in [1.165, 1.54) is 76.5 Å². The Morgan fingerprint density at radius 2 is 0.830 bits per heavy atom. The van der Waals surface area contributed by atoms with Crippen molar-refractivity contribution in [1.29, 1.82) is 0 Å². The van der Waals surface area contributed by atoms with E-state index in [2.05, 4.69) is 152 Å². The van der Waals surface area contributed by atoms with Crippen LogP contribution in [0.25, 0.3) is 98.8 Å². The average molecular weight is 597 g/mol. The van der Waals surface area contributed by atoms with Crippen molar-refractivity contribution < 1.29 is 4.42 Å². The van der Waals surface area contributed by atoms with E-state index in [9.17, 15) is 0 Å². The Hall–Kier alpha value is -6.18. The number of furan rings is 1. The van der Waals surface area contributed by atoms with Crippen LogP contribution >= 0.6 is 0 Å². The van der Waals surface area contributed by atoms with Crippen molar-refractivity contribution in [3.63, 3.8) is 0 Å². The highest BCUT2D eigenvalue weighted by atomic mass is 16.3. The van der Waals surface area contributed by atoms with E-state index in [1.54, 1.807) is 0 Å². The van der Waals surface area contributed by atoms with Crippen LogP contribution in [0.1, 0.15) is 0 Å². The van der Waals surface area contributed by atoms with E-state index in [4.69, 9.17) is 4.42 Å². The maximum atomic E-state index is 6.19. The van der Waals surface area contributed by atoms with Crippen molar-refractivity contribution in [3.8, 4) is 44.7 Å². The van der Waals surface area contributed by atoms with Gasteiger partial charge in [-0.25, -0.2) is 0 Å². The normalized spacial score (nSPS) is 11.8. The predicted molar refractivity (Wildman–Crippen MR) is 199 cm³/mol. The van der Waals surface area contributed by atoms with Gasteiger partial charge in [0, 0.05) is 10.9 Å². The number of hydrogen-bond donors (Lipinski definition) is 0. The fourth-order valence-electron chi connectivity index (χ4n) is 7.55. The number of benzene rings is 9. The molecule has 0 amide bonds. The van der Waals surface area contributed by atoms with Crippen LogP contribution in [0.4, 0.5) is 0 Å². The van der Waals surface area contributed by atoms with Gasteiger partial charge in [0.15, 0.2) is 0 Å². The summed E-state index contributed by atoms with van der Waals surface area (Å²) in [6.07, 6.45) is 0. The molecule has 1 aromatic heterocycles. The topological polar surface area (TPSA) is 13.1 Å². The molecule has 0 spiro atoms. The summed E-state index contributed by atoms with van der Waals surface area (Å²) < 4.78 is 6.19. The molecule has 0 saturated heterocycles. The van der Waals surface area contributed by atoms with Gasteiger partial charge in [0.05, 0.1) is 0 Å². The van der Waals surface area contributed by atoms with E-state index < -0.39 is 0 Å². The Kier molecular flexibility index (Phi) is 5.64. The highest BCUT2D eigenvalue weighted by Crippen LogP contribution is 2.44. The number of rotatable bonds is 4. The molecule has 1 nitrogen and oxygen atoms in total. The van der Waals surface area contributed by atoms with Crippen LogP contribution < -0.4 is 0 Å². The maximum absolute atomic E-state index is 6.19. The summed E-state index contributed by atoms with van der Waals surface area (Å²) in [5.74, 6) is 0.889. The van der Waals surface area contributed by atoms with Crippen LogP contribution in [0, 0.1) is 0 Å². The molecule has 0 atom stereocenters. The molecular weight excluding hydrogens is 569 g/mol. The molecule has 0 bridgehead atoms. The van der Waals surface area contributed by atoms with Gasteiger partial charge in [-0.3, -0.25) is 0 Å². The molecule has 0 N–H and O–H groups in total. The van der Waals surface area contributed by atoms with Gasteiger partial charge in [-0.05, 0) is 94.7 Å². The summed E-state index contributed by atoms with van der Waals surface area (Å²) in [6, 6.07) is 61.6. The van der Waals surface area contributed by atoms with Crippen LogP contribution in [0.5, 0.6) is 0 Å². The van der Waals surface area contributed by atoms with Gasteiger partial charge >= 0.3 is 0 Å². The zero-order chi connectivity index (χ0) is 30.9. The number of hydrogen-bond acceptors (Lipinski definition) is 1. The largest absolute Gasteiger partial charge is 0.456 e. The third kappa shape index (κ3) is 4.10. The number of para-hydroxylation sites is 1. The van der Waals surface area contributed by atoms with E-state index in [0.29, 0.717) is 0 Å². The molecule has 0 unspecified atom stereocenters. The number of fused-ring (bicyclic) bond motifs is 2. The van der Waals surface area contributed by atoms with Crippen molar-refractivity contribution in [2.24, 2.45) is 0 Å². The molecule has 1 heteroatoms. The second-order valence-corrected chi connectivity index (χ2v) is 12.5. The summed E-state index contributed by atoms with van der Waals surface area (Å²) in [6.45, 7) is 0. The minimum absolute atomic E-state index is 0.889. The lowest BCUT2D eigenvalue weighted by molar-refractivity contribution is 0.631. The molecule has 0 aliphatic heterocycles. The second kappa shape index (κ2) is 10.2. The predicted octanol–water partition coefficient (Wildman–Crippen LogP) is 13.2. The van der Waals surface area contributed by atoms with E-state index in [0.717, 1.165) is 22.3 Å². The average Bonchev–Trinajstić information content (AvgIpc) is 3.58.